The first kappa shape index (κ1) is 34.0. The number of hydrogen-bond donors (Lipinski definition) is 3. The molecule has 1 saturated carbocycles. The van der Waals surface area contributed by atoms with E-state index in [4.69, 9.17) is 9.84 Å². The van der Waals surface area contributed by atoms with Crippen LogP contribution in [0.25, 0.3) is 16.9 Å². The lowest BCUT2D eigenvalue weighted by Gasteiger charge is -2.30. The highest BCUT2D eigenvalue weighted by Crippen LogP contribution is 2.43. The van der Waals surface area contributed by atoms with Gasteiger partial charge in [-0.25, -0.2) is 17.9 Å². The molecule has 15 heteroatoms. The Bertz CT molecular complexity index is 2020. The van der Waals surface area contributed by atoms with Gasteiger partial charge >= 0.3 is 6.09 Å². The molecule has 14 nitrogen and oxygen atoms in total. The first-order chi connectivity index (χ1) is 23.1. The lowest BCUT2D eigenvalue weighted by Crippen LogP contribution is -2.37. The Labute approximate surface area is 285 Å². The van der Waals surface area contributed by atoms with Crippen LogP contribution in [0.3, 0.4) is 0 Å². The van der Waals surface area contributed by atoms with Crippen molar-refractivity contribution in [2.75, 3.05) is 36.5 Å². The average molecular weight is 691 g/mol. The number of nitrogens with zero attached hydrogens (tertiary/aromatic N) is 6. The Balaban J connectivity index is 1.30. The van der Waals surface area contributed by atoms with E-state index in [9.17, 15) is 23.1 Å². The predicted molar refractivity (Wildman–Crippen MR) is 185 cm³/mol. The first-order valence-electron chi connectivity index (χ1n) is 16.2. The van der Waals surface area contributed by atoms with E-state index >= 15 is 0 Å². The van der Waals surface area contributed by atoms with Crippen LogP contribution < -0.4 is 14.8 Å². The second-order valence-electron chi connectivity index (χ2n) is 13.9. The number of ether oxygens (including phenoxy) is 1. The number of rotatable bonds is 9. The molecule has 1 aliphatic heterocycles. The molecule has 0 radical (unpaired) electrons. The molecule has 1 aliphatic carbocycles. The van der Waals surface area contributed by atoms with E-state index in [1.165, 1.54) is 12.0 Å². The van der Waals surface area contributed by atoms with Crippen LogP contribution in [-0.4, -0.2) is 81.7 Å². The van der Waals surface area contributed by atoms with Crippen molar-refractivity contribution in [1.29, 1.82) is 0 Å². The topological polar surface area (TPSA) is 174 Å². The summed E-state index contributed by atoms with van der Waals surface area (Å²) < 4.78 is 36.1. The van der Waals surface area contributed by atoms with E-state index < -0.39 is 22.0 Å². The van der Waals surface area contributed by atoms with Gasteiger partial charge in [-0.3, -0.25) is 14.2 Å². The molecular formula is C34H42N8O6S. The zero-order valence-electron chi connectivity index (χ0n) is 28.5. The quantitative estimate of drug-likeness (QED) is 0.203. The van der Waals surface area contributed by atoms with Crippen LogP contribution in [0.4, 0.5) is 16.2 Å². The number of aryl methyl sites for hydroxylation is 1. The van der Waals surface area contributed by atoms with Crippen molar-refractivity contribution >= 4 is 33.4 Å². The number of methoxy groups -OCH3 is 1. The number of benzene rings is 2. The van der Waals surface area contributed by atoms with E-state index in [2.05, 4.69) is 25.0 Å². The van der Waals surface area contributed by atoms with Crippen molar-refractivity contribution in [3.63, 3.8) is 0 Å². The molecule has 0 spiro atoms. The van der Waals surface area contributed by atoms with Crippen LogP contribution in [0.15, 0.2) is 42.7 Å². The van der Waals surface area contributed by atoms with Crippen LogP contribution in [-0.2, 0) is 15.4 Å². The van der Waals surface area contributed by atoms with Crippen molar-refractivity contribution in [3.8, 4) is 22.7 Å². The van der Waals surface area contributed by atoms with Crippen molar-refractivity contribution < 1.29 is 27.9 Å². The second kappa shape index (κ2) is 12.8. The smallest absolute Gasteiger partial charge is 0.407 e. The van der Waals surface area contributed by atoms with Gasteiger partial charge in [-0.05, 0) is 73.4 Å². The summed E-state index contributed by atoms with van der Waals surface area (Å²) in [5, 5.41) is 26.1. The Morgan fingerprint density at radius 2 is 1.73 bits per heavy atom. The van der Waals surface area contributed by atoms with Gasteiger partial charge in [-0.2, -0.15) is 5.10 Å². The normalized spacial score (nSPS) is 15.7. The van der Waals surface area contributed by atoms with Crippen molar-refractivity contribution in [2.24, 2.45) is 0 Å². The molecule has 2 aliphatic rings. The van der Waals surface area contributed by atoms with Gasteiger partial charge in [0.15, 0.2) is 5.75 Å². The molecule has 260 valence electrons. The second-order valence-corrected chi connectivity index (χ2v) is 15.6. The maximum absolute atomic E-state index is 13.7. The molecule has 2 aromatic heterocycles. The molecule has 49 heavy (non-hydrogen) atoms. The molecule has 0 bridgehead atoms. The monoisotopic (exact) mass is 690 g/mol. The van der Waals surface area contributed by atoms with Gasteiger partial charge < -0.3 is 20.1 Å². The summed E-state index contributed by atoms with van der Waals surface area (Å²) in [5.41, 5.74) is 5.47. The van der Waals surface area contributed by atoms with Crippen LogP contribution >= 0.6 is 0 Å². The zero-order valence-corrected chi connectivity index (χ0v) is 29.3. The third kappa shape index (κ3) is 7.26. The fourth-order valence-electron chi connectivity index (χ4n) is 6.28. The molecule has 2 amide bonds. The van der Waals surface area contributed by atoms with Crippen molar-refractivity contribution in [2.45, 2.75) is 70.8 Å². The number of carboxylic acid groups (broad SMARTS) is 1. The minimum Gasteiger partial charge on any atom is -0.492 e. The average Bonchev–Trinajstić information content (AvgIpc) is 3.59. The molecule has 0 unspecified atom stereocenters. The minimum atomic E-state index is -3.63. The number of likely N-dealkylation sites (tertiary alicyclic amines) is 1. The first-order valence-corrected chi connectivity index (χ1v) is 18.1. The van der Waals surface area contributed by atoms with Gasteiger partial charge in [0, 0.05) is 30.1 Å². The largest absolute Gasteiger partial charge is 0.492 e. The fraction of sp³-hybridized carbons (Fsp3) is 0.441. The van der Waals surface area contributed by atoms with Crippen LogP contribution in [0.1, 0.15) is 85.6 Å². The van der Waals surface area contributed by atoms with Gasteiger partial charge in [0.1, 0.15) is 5.69 Å². The highest BCUT2D eigenvalue weighted by atomic mass is 32.2. The number of amides is 2. The maximum Gasteiger partial charge on any atom is 0.407 e. The van der Waals surface area contributed by atoms with Gasteiger partial charge in [0.05, 0.1) is 54.6 Å². The molecule has 0 atom stereocenters. The third-order valence-electron chi connectivity index (χ3n) is 9.07. The predicted octanol–water partition coefficient (Wildman–Crippen LogP) is 5.56. The number of anilines is 2. The van der Waals surface area contributed by atoms with E-state index in [1.807, 2.05) is 46.2 Å². The number of carbonyl (C=O) groups excluding carboxylic acids is 1. The number of carbonyl (C=O) groups is 2. The van der Waals surface area contributed by atoms with Crippen LogP contribution in [0.5, 0.6) is 5.75 Å². The van der Waals surface area contributed by atoms with Gasteiger partial charge in [-0.15, -0.1) is 5.10 Å². The molecule has 4 aromatic rings. The van der Waals surface area contributed by atoms with E-state index in [0.29, 0.717) is 54.6 Å². The standard InChI is InChI=1S/C34H42N8O6S/c1-20-7-8-22(32(43)36-26-16-23(34(2,3)4)17-27(31(26)48-5)38-49(6,46)47)15-29(20)41-19-28(37-39-41)25-18-35-42(24-9-10-24)30(25)21-11-13-40(14-12-21)33(44)45/h7-8,15-19,21,24,38H,9-14H2,1-6H3,(H,36,43)(H,44,45). The van der Waals surface area contributed by atoms with Crippen molar-refractivity contribution in [3.05, 3.63) is 65.1 Å². The zero-order chi connectivity index (χ0) is 35.2. The minimum absolute atomic E-state index is 0.148. The number of nitrogens with one attached hydrogen (secondary N) is 2. The fourth-order valence-corrected chi connectivity index (χ4v) is 6.83. The van der Waals surface area contributed by atoms with Gasteiger partial charge in [0.25, 0.3) is 5.91 Å². The summed E-state index contributed by atoms with van der Waals surface area (Å²) in [4.78, 5) is 26.7. The van der Waals surface area contributed by atoms with Crippen LogP contribution in [0, 0.1) is 6.92 Å². The Morgan fingerprint density at radius 1 is 1.04 bits per heavy atom. The summed E-state index contributed by atoms with van der Waals surface area (Å²) >= 11 is 0. The number of piperidine rings is 1. The highest BCUT2D eigenvalue weighted by Gasteiger charge is 2.34. The highest BCUT2D eigenvalue weighted by molar-refractivity contribution is 7.92. The summed E-state index contributed by atoms with van der Waals surface area (Å²) in [6.07, 6.45) is 7.35. The van der Waals surface area contributed by atoms with E-state index in [-0.39, 0.29) is 22.8 Å². The molecule has 2 fully saturated rings. The summed E-state index contributed by atoms with van der Waals surface area (Å²) in [6.45, 7) is 8.83. The molecule has 2 aromatic carbocycles. The molecule has 1 saturated heterocycles. The van der Waals surface area contributed by atoms with Gasteiger partial charge in [-0.1, -0.05) is 32.1 Å². The van der Waals surface area contributed by atoms with Crippen LogP contribution in [0.2, 0.25) is 0 Å². The lowest BCUT2D eigenvalue weighted by molar-refractivity contribution is 0.102. The van der Waals surface area contributed by atoms with E-state index in [1.54, 1.807) is 28.9 Å². The number of hydrogen-bond acceptors (Lipinski definition) is 8. The van der Waals surface area contributed by atoms with E-state index in [0.717, 1.165) is 41.5 Å². The third-order valence-corrected chi connectivity index (χ3v) is 9.66. The Morgan fingerprint density at radius 3 is 2.35 bits per heavy atom. The lowest BCUT2D eigenvalue weighted by atomic mass is 9.86. The van der Waals surface area contributed by atoms with Gasteiger partial charge in [0.2, 0.25) is 10.0 Å². The summed E-state index contributed by atoms with van der Waals surface area (Å²) in [5.74, 6) is -0.0808. The number of aromatic nitrogens is 5. The molecule has 3 N–H and O–H groups in total. The van der Waals surface area contributed by atoms with Crippen molar-refractivity contribution in [1.82, 2.24) is 29.7 Å². The Hall–Kier alpha value is -4.92. The SMILES string of the molecule is COc1c(NC(=O)c2ccc(C)c(-n3cc(-c4cnn(C5CC5)c4C4CCN(C(=O)O)CC4)nn3)c2)cc(C(C)(C)C)cc1NS(C)(=O)=O. The molecule has 6 rings (SSSR count). The summed E-state index contributed by atoms with van der Waals surface area (Å²) in [6, 6.07) is 9.11. The number of sulfonamides is 1. The maximum atomic E-state index is 13.7. The molecule has 3 heterocycles. The Kier molecular flexibility index (Phi) is 8.90. The molecular weight excluding hydrogens is 648 g/mol. The summed E-state index contributed by atoms with van der Waals surface area (Å²) in [7, 11) is -2.21.